The summed E-state index contributed by atoms with van der Waals surface area (Å²) in [5, 5.41) is 0. The number of ether oxygens (including phenoxy) is 2. The highest BCUT2D eigenvalue weighted by molar-refractivity contribution is 5.56. The molecule has 2 rings (SSSR count). The maximum absolute atomic E-state index is 5.78. The third-order valence-electron chi connectivity index (χ3n) is 2.31. The van der Waals surface area contributed by atoms with Crippen molar-refractivity contribution in [3.05, 3.63) is 42.1 Å². The first-order valence-corrected chi connectivity index (χ1v) is 5.23. The van der Waals surface area contributed by atoms with Gasteiger partial charge in [-0.3, -0.25) is 0 Å². The fraction of sp³-hybridized carbons (Fsp3) is 0.154. The zero-order valence-electron chi connectivity index (χ0n) is 9.81. The Morgan fingerprint density at radius 3 is 2.59 bits per heavy atom. The van der Waals surface area contributed by atoms with E-state index in [9.17, 15) is 0 Å². The molecule has 0 aliphatic carbocycles. The monoisotopic (exact) mass is 230 g/mol. The van der Waals surface area contributed by atoms with E-state index in [1.165, 1.54) is 0 Å². The van der Waals surface area contributed by atoms with Crippen LogP contribution in [0, 0.1) is 6.92 Å². The molecule has 17 heavy (non-hydrogen) atoms. The van der Waals surface area contributed by atoms with Crippen LogP contribution >= 0.6 is 0 Å². The number of nitrogen functional groups attached to an aromatic ring is 1. The van der Waals surface area contributed by atoms with E-state index < -0.39 is 0 Å². The van der Waals surface area contributed by atoms with Crippen molar-refractivity contribution in [2.24, 2.45) is 0 Å². The number of rotatable bonds is 3. The minimum atomic E-state index is 0.539. The number of benzene rings is 1. The molecule has 0 aliphatic rings. The predicted molar refractivity (Wildman–Crippen MR) is 66.5 cm³/mol. The Hall–Kier alpha value is -2.23. The molecule has 1 aromatic carbocycles. The second kappa shape index (κ2) is 4.74. The first-order chi connectivity index (χ1) is 8.19. The van der Waals surface area contributed by atoms with Gasteiger partial charge in [0, 0.05) is 18.3 Å². The van der Waals surface area contributed by atoms with Crippen molar-refractivity contribution in [2.75, 3.05) is 12.8 Å². The first-order valence-electron chi connectivity index (χ1n) is 5.23. The summed E-state index contributed by atoms with van der Waals surface area (Å²) in [5.41, 5.74) is 7.41. The number of pyridine rings is 1. The lowest BCUT2D eigenvalue weighted by Gasteiger charge is -2.08. The molecular weight excluding hydrogens is 216 g/mol. The van der Waals surface area contributed by atoms with Gasteiger partial charge in [0.2, 0.25) is 5.88 Å². The Balaban J connectivity index is 2.19. The minimum Gasteiger partial charge on any atom is -0.495 e. The third-order valence-corrected chi connectivity index (χ3v) is 2.31. The fourth-order valence-electron chi connectivity index (χ4n) is 1.41. The van der Waals surface area contributed by atoms with Gasteiger partial charge >= 0.3 is 0 Å². The summed E-state index contributed by atoms with van der Waals surface area (Å²) in [6.07, 6.45) is 1.75. The second-order valence-corrected chi connectivity index (χ2v) is 3.68. The molecule has 1 aromatic heterocycles. The van der Waals surface area contributed by atoms with Gasteiger partial charge in [0.1, 0.15) is 11.5 Å². The van der Waals surface area contributed by atoms with Crippen LogP contribution in [0.15, 0.2) is 36.5 Å². The van der Waals surface area contributed by atoms with E-state index in [-0.39, 0.29) is 0 Å². The minimum absolute atomic E-state index is 0.539. The van der Waals surface area contributed by atoms with Crippen LogP contribution in [0.4, 0.5) is 5.69 Å². The molecule has 0 amide bonds. The van der Waals surface area contributed by atoms with Gasteiger partial charge in [-0.25, -0.2) is 4.98 Å². The Kier molecular flexibility index (Phi) is 3.14. The van der Waals surface area contributed by atoms with E-state index in [4.69, 9.17) is 15.2 Å². The zero-order chi connectivity index (χ0) is 12.3. The summed E-state index contributed by atoms with van der Waals surface area (Å²) in [6, 6.07) is 9.01. The Bertz CT molecular complexity index is 509. The Morgan fingerprint density at radius 1 is 1.18 bits per heavy atom. The van der Waals surface area contributed by atoms with E-state index in [0.717, 1.165) is 5.56 Å². The SMILES string of the molecule is COc1ccc(Oc2ccc(C)cn2)cc1N. The molecule has 4 nitrogen and oxygen atoms in total. The highest BCUT2D eigenvalue weighted by atomic mass is 16.5. The van der Waals surface area contributed by atoms with Crippen LogP contribution in [-0.4, -0.2) is 12.1 Å². The van der Waals surface area contributed by atoms with Crippen molar-refractivity contribution in [3.8, 4) is 17.4 Å². The molecular formula is C13H14N2O2. The van der Waals surface area contributed by atoms with E-state index in [1.807, 2.05) is 19.1 Å². The van der Waals surface area contributed by atoms with Gasteiger partial charge in [-0.05, 0) is 24.6 Å². The molecule has 1 heterocycles. The smallest absolute Gasteiger partial charge is 0.219 e. The molecule has 0 aliphatic heterocycles. The van der Waals surface area contributed by atoms with Crippen LogP contribution in [0.5, 0.6) is 17.4 Å². The van der Waals surface area contributed by atoms with Crippen LogP contribution in [-0.2, 0) is 0 Å². The molecule has 4 heteroatoms. The van der Waals surface area contributed by atoms with Crippen molar-refractivity contribution < 1.29 is 9.47 Å². The second-order valence-electron chi connectivity index (χ2n) is 3.68. The summed E-state index contributed by atoms with van der Waals surface area (Å²) in [7, 11) is 1.58. The fourth-order valence-corrected chi connectivity index (χ4v) is 1.41. The van der Waals surface area contributed by atoms with Crippen molar-refractivity contribution >= 4 is 5.69 Å². The molecule has 0 spiro atoms. The number of hydrogen-bond donors (Lipinski definition) is 1. The molecule has 0 bridgehead atoms. The third kappa shape index (κ3) is 2.66. The molecule has 2 N–H and O–H groups in total. The average Bonchev–Trinajstić information content (AvgIpc) is 2.32. The van der Waals surface area contributed by atoms with E-state index in [1.54, 1.807) is 31.5 Å². The lowest BCUT2D eigenvalue weighted by molar-refractivity contribution is 0.414. The number of aromatic nitrogens is 1. The van der Waals surface area contributed by atoms with E-state index in [2.05, 4.69) is 4.98 Å². The number of nitrogens with zero attached hydrogens (tertiary/aromatic N) is 1. The summed E-state index contributed by atoms with van der Waals surface area (Å²) in [5.74, 6) is 1.81. The summed E-state index contributed by atoms with van der Waals surface area (Å²) in [6.45, 7) is 1.97. The zero-order valence-corrected chi connectivity index (χ0v) is 9.81. The summed E-state index contributed by atoms with van der Waals surface area (Å²) < 4.78 is 10.6. The molecule has 0 atom stereocenters. The number of methoxy groups -OCH3 is 1. The molecule has 0 radical (unpaired) electrons. The molecule has 0 fully saturated rings. The maximum Gasteiger partial charge on any atom is 0.219 e. The van der Waals surface area contributed by atoms with Crippen LogP contribution in [0.25, 0.3) is 0 Å². The quantitative estimate of drug-likeness (QED) is 0.824. The van der Waals surface area contributed by atoms with Crippen LogP contribution in [0.3, 0.4) is 0 Å². The van der Waals surface area contributed by atoms with Gasteiger partial charge in [-0.1, -0.05) is 6.07 Å². The van der Waals surface area contributed by atoms with Crippen LogP contribution in [0.2, 0.25) is 0 Å². The van der Waals surface area contributed by atoms with Crippen molar-refractivity contribution in [1.29, 1.82) is 0 Å². The van der Waals surface area contributed by atoms with Crippen molar-refractivity contribution in [3.63, 3.8) is 0 Å². The number of aryl methyl sites for hydroxylation is 1. The summed E-state index contributed by atoms with van der Waals surface area (Å²) >= 11 is 0. The molecule has 88 valence electrons. The van der Waals surface area contributed by atoms with Gasteiger partial charge in [0.05, 0.1) is 12.8 Å². The topological polar surface area (TPSA) is 57.4 Å². The van der Waals surface area contributed by atoms with E-state index >= 15 is 0 Å². The van der Waals surface area contributed by atoms with Crippen LogP contribution < -0.4 is 15.2 Å². The van der Waals surface area contributed by atoms with Crippen LogP contribution in [0.1, 0.15) is 5.56 Å². The Morgan fingerprint density at radius 2 is 2.00 bits per heavy atom. The molecule has 0 saturated carbocycles. The van der Waals surface area contributed by atoms with E-state index in [0.29, 0.717) is 23.1 Å². The average molecular weight is 230 g/mol. The summed E-state index contributed by atoms with van der Waals surface area (Å²) in [4.78, 5) is 4.15. The van der Waals surface area contributed by atoms with Gasteiger partial charge in [-0.2, -0.15) is 0 Å². The largest absolute Gasteiger partial charge is 0.495 e. The maximum atomic E-state index is 5.78. The highest BCUT2D eigenvalue weighted by Crippen LogP contribution is 2.28. The van der Waals surface area contributed by atoms with Gasteiger partial charge in [-0.15, -0.1) is 0 Å². The lowest BCUT2D eigenvalue weighted by atomic mass is 10.3. The van der Waals surface area contributed by atoms with Gasteiger partial charge in [0.15, 0.2) is 0 Å². The predicted octanol–water partition coefficient (Wildman–Crippen LogP) is 2.77. The normalized spacial score (nSPS) is 10.0. The van der Waals surface area contributed by atoms with Crippen molar-refractivity contribution in [1.82, 2.24) is 4.98 Å². The standard InChI is InChI=1S/C13H14N2O2/c1-9-3-6-13(15-8-9)17-10-4-5-12(16-2)11(14)7-10/h3-8H,14H2,1-2H3. The molecule has 0 saturated heterocycles. The van der Waals surface area contributed by atoms with Gasteiger partial charge < -0.3 is 15.2 Å². The number of anilines is 1. The number of nitrogens with two attached hydrogens (primary N) is 1. The Labute approximate surface area is 100 Å². The van der Waals surface area contributed by atoms with Gasteiger partial charge in [0.25, 0.3) is 0 Å². The highest BCUT2D eigenvalue weighted by Gasteiger charge is 2.03. The lowest BCUT2D eigenvalue weighted by Crippen LogP contribution is -1.94. The first kappa shape index (κ1) is 11.3. The number of hydrogen-bond acceptors (Lipinski definition) is 4. The molecule has 2 aromatic rings. The van der Waals surface area contributed by atoms with Crippen molar-refractivity contribution in [2.45, 2.75) is 6.92 Å². The molecule has 0 unspecified atom stereocenters.